The first-order valence-corrected chi connectivity index (χ1v) is 4.20. The zero-order valence-electron chi connectivity index (χ0n) is 6.34. The predicted molar refractivity (Wildman–Crippen MR) is 40.6 cm³/mol. The molecule has 0 heterocycles. The molecule has 0 bridgehead atoms. The molecule has 0 aromatic rings. The quantitative estimate of drug-likeness (QED) is 0.545. The number of aliphatic hydroxyl groups excluding tert-OH is 1. The largest absolute Gasteiger partial charge is 0.391 e. The molecule has 0 saturated heterocycles. The molecule has 59 valence electrons. The highest BCUT2D eigenvalue weighted by atomic mass is 16.3. The molecule has 1 saturated carbocycles. The summed E-state index contributed by atoms with van der Waals surface area (Å²) in [4.78, 5) is 0. The van der Waals surface area contributed by atoms with Crippen LogP contribution in [0, 0.1) is 0 Å². The van der Waals surface area contributed by atoms with Crippen LogP contribution in [0.1, 0.15) is 38.5 Å². The van der Waals surface area contributed by atoms with Crippen LogP contribution in [-0.2, 0) is 0 Å². The van der Waals surface area contributed by atoms with Gasteiger partial charge in [0.2, 0.25) is 0 Å². The molecule has 2 atom stereocenters. The first-order chi connectivity index (χ1) is 4.80. The van der Waals surface area contributed by atoms with Crippen LogP contribution >= 0.6 is 0 Å². The van der Waals surface area contributed by atoms with E-state index < -0.39 is 0 Å². The van der Waals surface area contributed by atoms with Gasteiger partial charge in [-0.05, 0) is 12.8 Å². The highest BCUT2D eigenvalue weighted by Crippen LogP contribution is 2.16. The van der Waals surface area contributed by atoms with Gasteiger partial charge < -0.3 is 5.11 Å². The third-order valence-electron chi connectivity index (χ3n) is 2.23. The Hall–Kier alpha value is -0.0800. The Morgan fingerprint density at radius 3 is 2.30 bits per heavy atom. The number of rotatable bonds is 0. The molecule has 10 heavy (non-hydrogen) atoms. The van der Waals surface area contributed by atoms with Crippen LogP contribution in [0.4, 0.5) is 0 Å². The van der Waals surface area contributed by atoms with Gasteiger partial charge in [-0.3, -0.25) is 5.73 Å². The Kier molecular flexibility index (Phi) is 3.16. The maximum absolute atomic E-state index is 9.30. The van der Waals surface area contributed by atoms with Gasteiger partial charge in [0.1, 0.15) is 0 Å². The molecule has 0 amide bonds. The van der Waals surface area contributed by atoms with Gasteiger partial charge in [0.05, 0.1) is 6.10 Å². The van der Waals surface area contributed by atoms with E-state index in [0.29, 0.717) is 0 Å². The van der Waals surface area contributed by atoms with E-state index in [1.807, 2.05) is 0 Å². The number of hydrogen-bond acceptors (Lipinski definition) is 1. The Morgan fingerprint density at radius 1 is 1.00 bits per heavy atom. The van der Waals surface area contributed by atoms with Crippen molar-refractivity contribution in [3.63, 3.8) is 0 Å². The maximum Gasteiger partial charge on any atom is 0.0706 e. The average Bonchev–Trinajstić information content (AvgIpc) is 1.92. The smallest absolute Gasteiger partial charge is 0.0706 e. The fourth-order valence-corrected chi connectivity index (χ4v) is 1.46. The van der Waals surface area contributed by atoms with E-state index in [4.69, 9.17) is 5.73 Å². The summed E-state index contributed by atoms with van der Waals surface area (Å²) >= 11 is 0. The minimum atomic E-state index is -0.347. The van der Waals surface area contributed by atoms with Crippen molar-refractivity contribution in [2.75, 3.05) is 0 Å². The van der Waals surface area contributed by atoms with Crippen molar-refractivity contribution in [1.29, 1.82) is 0 Å². The van der Waals surface area contributed by atoms with Gasteiger partial charge in [-0.1, -0.05) is 25.7 Å². The van der Waals surface area contributed by atoms with Crippen LogP contribution in [-0.4, -0.2) is 17.3 Å². The van der Waals surface area contributed by atoms with Gasteiger partial charge in [-0.15, -0.1) is 0 Å². The van der Waals surface area contributed by atoms with Gasteiger partial charge >= 0.3 is 0 Å². The van der Waals surface area contributed by atoms with Crippen molar-refractivity contribution in [2.45, 2.75) is 50.7 Å². The minimum Gasteiger partial charge on any atom is -0.391 e. The molecule has 0 spiro atoms. The van der Waals surface area contributed by atoms with Crippen molar-refractivity contribution in [2.24, 2.45) is 0 Å². The molecule has 2 N–H and O–H groups in total. The molecule has 2 heteroatoms. The summed E-state index contributed by atoms with van der Waals surface area (Å²) in [7, 11) is 0. The summed E-state index contributed by atoms with van der Waals surface area (Å²) < 4.78 is 0. The van der Waals surface area contributed by atoms with Gasteiger partial charge in [0, 0.05) is 6.04 Å². The summed E-state index contributed by atoms with van der Waals surface area (Å²) in [6.07, 6.45) is 6.11. The lowest BCUT2D eigenvalue weighted by molar-refractivity contribution is 0.118. The van der Waals surface area contributed by atoms with Crippen LogP contribution in [0.25, 0.3) is 0 Å². The number of hydrogen-bond donors (Lipinski definition) is 1. The van der Waals surface area contributed by atoms with Crippen molar-refractivity contribution in [3.8, 4) is 0 Å². The monoisotopic (exact) mass is 142 g/mol. The SMILES string of the molecule is [NH]C1CCCCCCC1O. The number of aliphatic hydroxyl groups is 1. The van der Waals surface area contributed by atoms with Crippen molar-refractivity contribution in [3.05, 3.63) is 0 Å². The minimum absolute atomic E-state index is 0.208. The van der Waals surface area contributed by atoms with E-state index >= 15 is 0 Å². The molecule has 0 aromatic carbocycles. The molecular weight excluding hydrogens is 126 g/mol. The lowest BCUT2D eigenvalue weighted by Gasteiger charge is -2.20. The third-order valence-corrected chi connectivity index (χ3v) is 2.23. The molecule has 2 unspecified atom stereocenters. The highest BCUT2D eigenvalue weighted by molar-refractivity contribution is 4.73. The van der Waals surface area contributed by atoms with Crippen molar-refractivity contribution >= 4 is 0 Å². The summed E-state index contributed by atoms with van der Waals surface area (Å²) in [5.41, 5.74) is 7.47. The Balaban J connectivity index is 2.28. The summed E-state index contributed by atoms with van der Waals surface area (Å²) in [5, 5.41) is 9.30. The fourth-order valence-electron chi connectivity index (χ4n) is 1.46. The van der Waals surface area contributed by atoms with Crippen LogP contribution < -0.4 is 5.73 Å². The molecule has 1 fully saturated rings. The summed E-state index contributed by atoms with van der Waals surface area (Å²) in [6.45, 7) is 0. The van der Waals surface area contributed by atoms with Crippen LogP contribution in [0.15, 0.2) is 0 Å². The van der Waals surface area contributed by atoms with E-state index in [0.717, 1.165) is 25.7 Å². The number of nitrogens with one attached hydrogen (secondary N) is 1. The Morgan fingerprint density at radius 2 is 1.60 bits per heavy atom. The highest BCUT2D eigenvalue weighted by Gasteiger charge is 2.16. The molecule has 2 nitrogen and oxygen atoms in total. The Labute approximate surface area is 62.4 Å². The van der Waals surface area contributed by atoms with E-state index in [2.05, 4.69) is 0 Å². The fraction of sp³-hybridized carbons (Fsp3) is 1.00. The van der Waals surface area contributed by atoms with E-state index in [9.17, 15) is 5.11 Å². The normalized spacial score (nSPS) is 36.6. The zero-order chi connectivity index (χ0) is 7.40. The molecular formula is C8H16NO. The van der Waals surface area contributed by atoms with Gasteiger partial charge in [-0.25, -0.2) is 0 Å². The van der Waals surface area contributed by atoms with E-state index in [1.165, 1.54) is 12.8 Å². The van der Waals surface area contributed by atoms with Crippen LogP contribution in [0.3, 0.4) is 0 Å². The topological polar surface area (TPSA) is 44.0 Å². The summed E-state index contributed by atoms with van der Waals surface area (Å²) in [6, 6.07) is -0.208. The first-order valence-electron chi connectivity index (χ1n) is 4.20. The van der Waals surface area contributed by atoms with Crippen molar-refractivity contribution in [1.82, 2.24) is 5.73 Å². The second kappa shape index (κ2) is 3.94. The molecule has 0 aliphatic heterocycles. The van der Waals surface area contributed by atoms with Crippen LogP contribution in [0.5, 0.6) is 0 Å². The first kappa shape index (κ1) is 8.02. The van der Waals surface area contributed by atoms with Gasteiger partial charge in [-0.2, -0.15) is 0 Å². The summed E-state index contributed by atoms with van der Waals surface area (Å²) in [5.74, 6) is 0. The molecule has 1 radical (unpaired) electrons. The molecule has 0 aromatic heterocycles. The lowest BCUT2D eigenvalue weighted by Crippen LogP contribution is -2.28. The standard InChI is InChI=1S/C8H16NO/c9-7-5-3-1-2-4-6-8(7)10/h7-10H,1-6H2. The molecule has 1 aliphatic rings. The van der Waals surface area contributed by atoms with Gasteiger partial charge in [0.15, 0.2) is 0 Å². The Bertz CT molecular complexity index is 83.3. The van der Waals surface area contributed by atoms with Crippen LogP contribution in [0.2, 0.25) is 0 Å². The average molecular weight is 142 g/mol. The second-order valence-corrected chi connectivity index (χ2v) is 3.17. The molecule has 1 aliphatic carbocycles. The maximum atomic E-state index is 9.30. The van der Waals surface area contributed by atoms with E-state index in [1.54, 1.807) is 0 Å². The van der Waals surface area contributed by atoms with E-state index in [-0.39, 0.29) is 12.1 Å². The lowest BCUT2D eigenvalue weighted by atomic mass is 9.95. The molecule has 1 rings (SSSR count). The predicted octanol–water partition coefficient (Wildman–Crippen LogP) is 1.35. The second-order valence-electron chi connectivity index (χ2n) is 3.17. The van der Waals surface area contributed by atoms with Crippen molar-refractivity contribution < 1.29 is 5.11 Å². The third kappa shape index (κ3) is 2.27. The van der Waals surface area contributed by atoms with Gasteiger partial charge in [0.25, 0.3) is 0 Å². The zero-order valence-corrected chi connectivity index (χ0v) is 6.34.